The molecule has 1 aliphatic heterocycles. The molecular weight excluding hydrogens is 172 g/mol. The van der Waals surface area contributed by atoms with Crippen LogP contribution < -0.4 is 0 Å². The molecule has 2 atom stereocenters. The second kappa shape index (κ2) is 3.52. The number of allylic oxidation sites excluding steroid dienone is 5. The van der Waals surface area contributed by atoms with Crippen LogP contribution in [-0.2, 0) is 0 Å². The van der Waals surface area contributed by atoms with Crippen LogP contribution in [0, 0.1) is 11.8 Å². The Morgan fingerprint density at radius 1 is 1.57 bits per heavy atom. The van der Waals surface area contributed by atoms with Gasteiger partial charge in [-0.15, -0.1) is 0 Å². The van der Waals surface area contributed by atoms with Crippen molar-refractivity contribution in [1.82, 2.24) is 0 Å². The highest BCUT2D eigenvalue weighted by Gasteiger charge is 2.23. The van der Waals surface area contributed by atoms with E-state index < -0.39 is 0 Å². The van der Waals surface area contributed by atoms with Crippen molar-refractivity contribution < 1.29 is 0 Å². The van der Waals surface area contributed by atoms with Crippen molar-refractivity contribution >= 4 is 0 Å². The molecule has 2 bridgehead atoms. The molecule has 0 N–H and O–H groups in total. The van der Waals surface area contributed by atoms with E-state index in [2.05, 4.69) is 35.9 Å². The van der Waals surface area contributed by atoms with E-state index in [-0.39, 0.29) is 0 Å². The average molecular weight is 188 g/mol. The van der Waals surface area contributed by atoms with Gasteiger partial charge in [-0.1, -0.05) is 25.2 Å². The third kappa shape index (κ3) is 1.69. The second-order valence-electron chi connectivity index (χ2n) is 4.31. The summed E-state index contributed by atoms with van der Waals surface area (Å²) in [5.74, 6) is 1.19. The first kappa shape index (κ1) is 9.38. The number of fused-ring (bicyclic) bond motifs is 2. The van der Waals surface area contributed by atoms with Gasteiger partial charge < -0.3 is 0 Å². The van der Waals surface area contributed by atoms with Crippen molar-refractivity contribution in [3.05, 3.63) is 35.6 Å². The van der Waals surface area contributed by atoms with Crippen molar-refractivity contribution in [3.63, 3.8) is 0 Å². The van der Waals surface area contributed by atoms with Gasteiger partial charge in [-0.25, -0.2) is 0 Å². The first-order chi connectivity index (χ1) is 6.66. The maximum absolute atomic E-state index is 4.23. The topological polar surface area (TPSA) is 24.7 Å². The normalized spacial score (nSPS) is 30.4. The Balaban J connectivity index is 2.36. The summed E-state index contributed by atoms with van der Waals surface area (Å²) in [4.78, 5) is 0. The lowest BCUT2D eigenvalue weighted by Crippen LogP contribution is -2.14. The van der Waals surface area contributed by atoms with Gasteiger partial charge in [-0.3, -0.25) is 0 Å². The number of rotatable bonds is 1. The molecule has 0 amide bonds. The lowest BCUT2D eigenvalue weighted by atomic mass is 9.84. The van der Waals surface area contributed by atoms with Gasteiger partial charge >= 0.3 is 0 Å². The molecule has 2 rings (SSSR count). The van der Waals surface area contributed by atoms with E-state index in [9.17, 15) is 0 Å². The number of hydrogen-bond donors (Lipinski definition) is 0. The minimum absolute atomic E-state index is 0.594. The SMILES string of the molecule is C=C(C)C1=C[C@H]2CC(=C1)N=NCC2C. The predicted octanol–water partition coefficient (Wildman–Crippen LogP) is 3.49. The zero-order valence-corrected chi connectivity index (χ0v) is 8.83. The van der Waals surface area contributed by atoms with E-state index in [0.717, 1.165) is 24.2 Å². The Hall–Kier alpha value is -1.18. The van der Waals surface area contributed by atoms with E-state index in [4.69, 9.17) is 0 Å². The van der Waals surface area contributed by atoms with Gasteiger partial charge in [0.05, 0.1) is 12.2 Å². The molecule has 14 heavy (non-hydrogen) atoms. The lowest BCUT2D eigenvalue weighted by molar-refractivity contribution is 0.442. The Morgan fingerprint density at radius 2 is 2.36 bits per heavy atom. The monoisotopic (exact) mass is 188 g/mol. The summed E-state index contributed by atoms with van der Waals surface area (Å²) in [7, 11) is 0. The molecule has 2 nitrogen and oxygen atoms in total. The van der Waals surface area contributed by atoms with Gasteiger partial charge in [0.15, 0.2) is 0 Å². The average Bonchev–Trinajstić information content (AvgIpc) is 2.27. The smallest absolute Gasteiger partial charge is 0.0638 e. The highest BCUT2D eigenvalue weighted by Crippen LogP contribution is 2.33. The maximum Gasteiger partial charge on any atom is 0.0638 e. The Kier molecular flexibility index (Phi) is 2.36. The highest BCUT2D eigenvalue weighted by molar-refractivity contribution is 5.41. The quantitative estimate of drug-likeness (QED) is 0.601. The van der Waals surface area contributed by atoms with Crippen LogP contribution in [0.3, 0.4) is 0 Å². The van der Waals surface area contributed by atoms with Gasteiger partial charge in [-0.05, 0) is 36.8 Å². The Bertz CT molecular complexity index is 347. The van der Waals surface area contributed by atoms with Crippen LogP contribution in [0.25, 0.3) is 0 Å². The molecule has 74 valence electrons. The van der Waals surface area contributed by atoms with Gasteiger partial charge in [-0.2, -0.15) is 10.2 Å². The molecule has 0 saturated carbocycles. The van der Waals surface area contributed by atoms with Crippen LogP contribution in [0.5, 0.6) is 0 Å². The summed E-state index contributed by atoms with van der Waals surface area (Å²) < 4.78 is 0. The molecule has 0 aromatic carbocycles. The van der Waals surface area contributed by atoms with E-state index in [1.807, 2.05) is 6.92 Å². The standard InChI is InChI=1S/C12H16N2/c1-8(2)10-4-11-6-12(5-10)14-13-7-9(11)3/h4-5,9,11H,1,6-7H2,2-3H3/t9?,11-/m0/s1. The van der Waals surface area contributed by atoms with Crippen LogP contribution >= 0.6 is 0 Å². The van der Waals surface area contributed by atoms with E-state index in [1.165, 1.54) is 5.57 Å². The van der Waals surface area contributed by atoms with Crippen LogP contribution in [0.1, 0.15) is 20.3 Å². The fourth-order valence-electron chi connectivity index (χ4n) is 1.91. The van der Waals surface area contributed by atoms with Gasteiger partial charge in [0, 0.05) is 0 Å². The van der Waals surface area contributed by atoms with Gasteiger partial charge in [0.1, 0.15) is 0 Å². The van der Waals surface area contributed by atoms with Gasteiger partial charge in [0.2, 0.25) is 0 Å². The molecule has 1 unspecified atom stereocenters. The molecule has 1 heterocycles. The third-order valence-corrected chi connectivity index (χ3v) is 2.95. The van der Waals surface area contributed by atoms with Crippen LogP contribution in [0.4, 0.5) is 0 Å². The molecule has 0 aromatic heterocycles. The summed E-state index contributed by atoms with van der Waals surface area (Å²) in [6.45, 7) is 9.11. The zero-order chi connectivity index (χ0) is 10.1. The zero-order valence-electron chi connectivity index (χ0n) is 8.83. The molecule has 0 spiro atoms. The summed E-state index contributed by atoms with van der Waals surface area (Å²) in [6.07, 6.45) is 5.48. The van der Waals surface area contributed by atoms with Crippen molar-refractivity contribution in [2.24, 2.45) is 22.1 Å². The fourth-order valence-corrected chi connectivity index (χ4v) is 1.91. The molecule has 0 aromatic rings. The van der Waals surface area contributed by atoms with Crippen LogP contribution in [0.15, 0.2) is 45.8 Å². The van der Waals surface area contributed by atoms with Crippen molar-refractivity contribution in [2.45, 2.75) is 20.3 Å². The van der Waals surface area contributed by atoms with Crippen molar-refractivity contribution in [1.29, 1.82) is 0 Å². The third-order valence-electron chi connectivity index (χ3n) is 2.95. The van der Waals surface area contributed by atoms with Crippen LogP contribution in [-0.4, -0.2) is 6.54 Å². The minimum atomic E-state index is 0.594. The lowest BCUT2D eigenvalue weighted by Gasteiger charge is -2.21. The Morgan fingerprint density at radius 3 is 3.07 bits per heavy atom. The van der Waals surface area contributed by atoms with E-state index in [0.29, 0.717) is 11.8 Å². The summed E-state index contributed by atoms with van der Waals surface area (Å²) in [5.41, 5.74) is 3.47. The summed E-state index contributed by atoms with van der Waals surface area (Å²) >= 11 is 0. The molecule has 1 aliphatic carbocycles. The number of hydrogen-bond acceptors (Lipinski definition) is 2. The first-order valence-electron chi connectivity index (χ1n) is 5.12. The minimum Gasteiger partial charge on any atom is -0.189 e. The second-order valence-corrected chi connectivity index (χ2v) is 4.31. The molecular formula is C12H16N2. The molecule has 0 fully saturated rings. The number of azo groups is 1. The molecule has 0 radical (unpaired) electrons. The van der Waals surface area contributed by atoms with Crippen molar-refractivity contribution in [2.75, 3.05) is 6.54 Å². The summed E-state index contributed by atoms with van der Waals surface area (Å²) in [5, 5.41) is 8.41. The Labute approximate surface area is 85.1 Å². The first-order valence-corrected chi connectivity index (χ1v) is 5.12. The van der Waals surface area contributed by atoms with E-state index >= 15 is 0 Å². The fraction of sp³-hybridized carbons (Fsp3) is 0.500. The van der Waals surface area contributed by atoms with Crippen LogP contribution in [0.2, 0.25) is 0 Å². The number of nitrogens with zero attached hydrogens (tertiary/aromatic N) is 2. The van der Waals surface area contributed by atoms with E-state index in [1.54, 1.807) is 0 Å². The van der Waals surface area contributed by atoms with Gasteiger partial charge in [0.25, 0.3) is 0 Å². The highest BCUT2D eigenvalue weighted by atomic mass is 15.1. The van der Waals surface area contributed by atoms with Crippen molar-refractivity contribution in [3.8, 4) is 0 Å². The molecule has 2 heteroatoms. The predicted molar refractivity (Wildman–Crippen MR) is 58.0 cm³/mol. The maximum atomic E-state index is 4.23. The molecule has 2 aliphatic rings. The molecule has 0 saturated heterocycles. The largest absolute Gasteiger partial charge is 0.189 e. The summed E-state index contributed by atoms with van der Waals surface area (Å²) in [6, 6.07) is 0.